The van der Waals surface area contributed by atoms with Crippen LogP contribution in [0, 0.1) is 0 Å². The number of halogens is 2. The topological polar surface area (TPSA) is 105 Å². The summed E-state index contributed by atoms with van der Waals surface area (Å²) in [6, 6.07) is 16.9. The van der Waals surface area contributed by atoms with Crippen molar-refractivity contribution in [3.63, 3.8) is 0 Å². The van der Waals surface area contributed by atoms with Crippen molar-refractivity contribution in [2.75, 3.05) is 30.0 Å². The molecule has 0 bridgehead atoms. The first kappa shape index (κ1) is 31.9. The van der Waals surface area contributed by atoms with Gasteiger partial charge >= 0.3 is 11.9 Å². The van der Waals surface area contributed by atoms with E-state index in [1.807, 2.05) is 0 Å². The number of nitrogens with one attached hydrogen (secondary N) is 1. The second-order valence-corrected chi connectivity index (χ2v) is 10.7. The largest absolute Gasteiger partial charge is 0.462 e. The molecule has 1 aliphatic rings. The van der Waals surface area contributed by atoms with Crippen LogP contribution >= 0.6 is 35.4 Å². The van der Waals surface area contributed by atoms with Crippen molar-refractivity contribution in [3.05, 3.63) is 93.5 Å². The summed E-state index contributed by atoms with van der Waals surface area (Å²) in [5.41, 5.74) is 2.41. The van der Waals surface area contributed by atoms with Gasteiger partial charge in [0.15, 0.2) is 5.11 Å². The highest BCUT2D eigenvalue weighted by atomic mass is 35.5. The Bertz CT molecular complexity index is 1530. The molecular formula is C31H29Cl2N3O6S. The standard InChI is InChI=1S/C31H29Cl2N3O6S/c1-3-41-29(39)20-6-11-23(12-7-20)34-27(37)18-26-28(38)36(24-13-8-21(9-14-24)30(40)42-4-2)31(43)35(26)16-15-19-5-10-22(32)17-25(19)33/h5-14,17,26H,3-4,15-16,18H2,1-2H3,(H,34,37). The highest BCUT2D eigenvalue weighted by Gasteiger charge is 2.44. The van der Waals surface area contributed by atoms with Crippen LogP contribution in [0.25, 0.3) is 0 Å². The molecule has 0 radical (unpaired) electrons. The smallest absolute Gasteiger partial charge is 0.338 e. The first-order chi connectivity index (χ1) is 20.6. The number of nitrogens with zero attached hydrogens (tertiary/aromatic N) is 2. The Morgan fingerprint density at radius 1 is 0.884 bits per heavy atom. The number of esters is 2. The molecule has 1 N–H and O–H groups in total. The molecule has 4 rings (SSSR count). The zero-order chi connectivity index (χ0) is 31.1. The van der Waals surface area contributed by atoms with Crippen LogP contribution in [0.2, 0.25) is 10.0 Å². The van der Waals surface area contributed by atoms with Gasteiger partial charge in [-0.3, -0.25) is 14.5 Å². The van der Waals surface area contributed by atoms with Crippen molar-refractivity contribution in [2.45, 2.75) is 32.7 Å². The summed E-state index contributed by atoms with van der Waals surface area (Å²) in [5.74, 6) is -1.74. The van der Waals surface area contributed by atoms with Gasteiger partial charge in [0.1, 0.15) is 6.04 Å². The maximum Gasteiger partial charge on any atom is 0.338 e. The molecule has 0 aromatic heterocycles. The van der Waals surface area contributed by atoms with Crippen LogP contribution in [-0.4, -0.2) is 59.6 Å². The van der Waals surface area contributed by atoms with Crippen LogP contribution in [0.1, 0.15) is 46.5 Å². The zero-order valence-corrected chi connectivity index (χ0v) is 25.8. The number of thiocarbonyl (C=S) groups is 1. The first-order valence-electron chi connectivity index (χ1n) is 13.6. The summed E-state index contributed by atoms with van der Waals surface area (Å²) in [7, 11) is 0. The lowest BCUT2D eigenvalue weighted by Gasteiger charge is -2.24. The van der Waals surface area contributed by atoms with Crippen LogP contribution in [0.15, 0.2) is 66.7 Å². The molecule has 1 atom stereocenters. The van der Waals surface area contributed by atoms with E-state index in [1.165, 1.54) is 4.90 Å². The van der Waals surface area contributed by atoms with E-state index in [1.54, 1.807) is 85.5 Å². The zero-order valence-electron chi connectivity index (χ0n) is 23.5. The highest BCUT2D eigenvalue weighted by molar-refractivity contribution is 7.80. The third-order valence-corrected chi connectivity index (χ3v) is 7.66. The summed E-state index contributed by atoms with van der Waals surface area (Å²) in [6.07, 6.45) is 0.247. The van der Waals surface area contributed by atoms with E-state index in [2.05, 4.69) is 5.32 Å². The molecule has 12 heteroatoms. The Kier molecular flexibility index (Phi) is 10.7. The fourth-order valence-electron chi connectivity index (χ4n) is 4.54. The number of amides is 2. The Labute approximate surface area is 264 Å². The predicted octanol–water partition coefficient (Wildman–Crippen LogP) is 5.92. The average molecular weight is 643 g/mol. The monoisotopic (exact) mass is 641 g/mol. The summed E-state index contributed by atoms with van der Waals surface area (Å²) in [6.45, 7) is 4.22. The lowest BCUT2D eigenvalue weighted by atomic mass is 10.1. The molecular weight excluding hydrogens is 613 g/mol. The van der Waals surface area contributed by atoms with E-state index in [0.717, 1.165) is 5.56 Å². The molecule has 2 amide bonds. The summed E-state index contributed by atoms with van der Waals surface area (Å²) < 4.78 is 10.0. The van der Waals surface area contributed by atoms with Gasteiger partial charge in [-0.05, 0) is 98.7 Å². The highest BCUT2D eigenvalue weighted by Crippen LogP contribution is 2.29. The van der Waals surface area contributed by atoms with E-state index >= 15 is 0 Å². The number of carbonyl (C=O) groups excluding carboxylic acids is 4. The van der Waals surface area contributed by atoms with Gasteiger partial charge in [-0.2, -0.15) is 0 Å². The molecule has 1 fully saturated rings. The number of hydrogen-bond acceptors (Lipinski definition) is 7. The third-order valence-electron chi connectivity index (χ3n) is 6.65. The van der Waals surface area contributed by atoms with E-state index < -0.39 is 23.9 Å². The summed E-state index contributed by atoms with van der Waals surface area (Å²) in [5, 5.41) is 3.98. The molecule has 1 unspecified atom stereocenters. The normalized spacial score (nSPS) is 14.6. The molecule has 3 aromatic rings. The van der Waals surface area contributed by atoms with E-state index in [4.69, 9.17) is 44.9 Å². The lowest BCUT2D eigenvalue weighted by Crippen LogP contribution is -2.39. The van der Waals surface area contributed by atoms with Gasteiger partial charge in [-0.15, -0.1) is 0 Å². The van der Waals surface area contributed by atoms with Crippen LogP contribution in [0.4, 0.5) is 11.4 Å². The Morgan fingerprint density at radius 2 is 1.47 bits per heavy atom. The third kappa shape index (κ3) is 7.70. The minimum Gasteiger partial charge on any atom is -0.462 e. The van der Waals surface area contributed by atoms with Crippen LogP contribution in [0.3, 0.4) is 0 Å². The fraction of sp³-hybridized carbons (Fsp3) is 0.258. The predicted molar refractivity (Wildman–Crippen MR) is 169 cm³/mol. The summed E-state index contributed by atoms with van der Waals surface area (Å²) >= 11 is 18.2. The van der Waals surface area contributed by atoms with Crippen molar-refractivity contribution in [1.29, 1.82) is 0 Å². The Morgan fingerprint density at radius 3 is 2.02 bits per heavy atom. The maximum atomic E-state index is 13.8. The van der Waals surface area contributed by atoms with Crippen LogP contribution in [0.5, 0.6) is 0 Å². The van der Waals surface area contributed by atoms with E-state index in [0.29, 0.717) is 45.5 Å². The van der Waals surface area contributed by atoms with Crippen LogP contribution < -0.4 is 10.2 Å². The molecule has 0 saturated carbocycles. The molecule has 1 heterocycles. The average Bonchev–Trinajstić information content (AvgIpc) is 3.21. The van der Waals surface area contributed by atoms with Gasteiger partial charge in [0.25, 0.3) is 5.91 Å². The molecule has 0 aliphatic carbocycles. The van der Waals surface area contributed by atoms with Gasteiger partial charge in [-0.1, -0.05) is 29.3 Å². The van der Waals surface area contributed by atoms with Gasteiger partial charge in [0.05, 0.1) is 36.4 Å². The van der Waals surface area contributed by atoms with Crippen molar-refractivity contribution in [1.82, 2.24) is 4.90 Å². The van der Waals surface area contributed by atoms with Gasteiger partial charge < -0.3 is 19.7 Å². The lowest BCUT2D eigenvalue weighted by molar-refractivity contribution is -0.124. The fourth-order valence-corrected chi connectivity index (χ4v) is 5.46. The number of hydrogen-bond donors (Lipinski definition) is 1. The minimum absolute atomic E-state index is 0.190. The van der Waals surface area contributed by atoms with Gasteiger partial charge in [0.2, 0.25) is 5.91 Å². The van der Waals surface area contributed by atoms with E-state index in [-0.39, 0.29) is 30.7 Å². The van der Waals surface area contributed by atoms with Crippen LogP contribution in [-0.2, 0) is 25.5 Å². The molecule has 43 heavy (non-hydrogen) atoms. The SMILES string of the molecule is CCOC(=O)c1ccc(NC(=O)CC2C(=O)N(c3ccc(C(=O)OCC)cc3)C(=S)N2CCc2ccc(Cl)cc2Cl)cc1. The number of carbonyl (C=O) groups is 4. The van der Waals surface area contributed by atoms with Gasteiger partial charge in [-0.25, -0.2) is 9.59 Å². The molecule has 1 saturated heterocycles. The Hall–Kier alpha value is -3.99. The second kappa shape index (κ2) is 14.5. The number of ether oxygens (including phenoxy) is 2. The maximum absolute atomic E-state index is 13.8. The molecule has 1 aliphatic heterocycles. The number of rotatable bonds is 11. The number of anilines is 2. The molecule has 224 valence electrons. The molecule has 0 spiro atoms. The molecule has 3 aromatic carbocycles. The second-order valence-electron chi connectivity index (χ2n) is 9.47. The van der Waals surface area contributed by atoms with Crippen molar-refractivity contribution in [3.8, 4) is 0 Å². The Balaban J connectivity index is 1.54. The van der Waals surface area contributed by atoms with Gasteiger partial charge in [0, 0.05) is 22.3 Å². The number of benzene rings is 3. The van der Waals surface area contributed by atoms with E-state index in [9.17, 15) is 19.2 Å². The summed E-state index contributed by atoms with van der Waals surface area (Å²) in [4.78, 5) is 54.0. The van der Waals surface area contributed by atoms with Crippen molar-refractivity contribution in [2.24, 2.45) is 0 Å². The molecule has 9 nitrogen and oxygen atoms in total. The van der Waals surface area contributed by atoms with Crippen molar-refractivity contribution >= 4 is 75.7 Å². The van der Waals surface area contributed by atoms with Crippen molar-refractivity contribution < 1.29 is 28.7 Å². The minimum atomic E-state index is -0.901. The first-order valence-corrected chi connectivity index (χ1v) is 14.7. The quantitative estimate of drug-likeness (QED) is 0.203.